The van der Waals surface area contributed by atoms with Crippen LogP contribution < -0.4 is 5.32 Å². The summed E-state index contributed by atoms with van der Waals surface area (Å²) >= 11 is 0. The van der Waals surface area contributed by atoms with Gasteiger partial charge >= 0.3 is 0 Å². The van der Waals surface area contributed by atoms with Crippen LogP contribution in [-0.4, -0.2) is 15.5 Å². The molecule has 0 unspecified atom stereocenters. The number of amides is 1. The lowest BCUT2D eigenvalue weighted by molar-refractivity contribution is -0.123. The van der Waals surface area contributed by atoms with E-state index in [0.29, 0.717) is 17.8 Å². The van der Waals surface area contributed by atoms with Gasteiger partial charge in [-0.05, 0) is 56.2 Å². The van der Waals surface area contributed by atoms with Crippen LogP contribution in [0.3, 0.4) is 0 Å². The zero-order valence-electron chi connectivity index (χ0n) is 13.7. The van der Waals surface area contributed by atoms with E-state index < -0.39 is 0 Å². The molecule has 4 rings (SSSR count). The molecule has 0 bridgehead atoms. The summed E-state index contributed by atoms with van der Waals surface area (Å²) in [5, 5.41) is 3.19. The predicted octanol–water partition coefficient (Wildman–Crippen LogP) is 3.40. The van der Waals surface area contributed by atoms with E-state index in [1.165, 1.54) is 19.3 Å². The Kier molecular flexibility index (Phi) is 3.47. The number of rotatable bonds is 4. The molecule has 4 nitrogen and oxygen atoms in total. The number of aryl methyl sites for hydroxylation is 1. The van der Waals surface area contributed by atoms with Crippen LogP contribution in [0.2, 0.25) is 0 Å². The minimum atomic E-state index is 0.0572. The summed E-state index contributed by atoms with van der Waals surface area (Å²) in [6, 6.07) is 8.40. The van der Waals surface area contributed by atoms with Crippen LogP contribution in [0.4, 0.5) is 0 Å². The number of carbonyl (C=O) groups is 1. The number of hydrogen-bond acceptors (Lipinski definition) is 2. The van der Waals surface area contributed by atoms with Gasteiger partial charge in [-0.2, -0.15) is 0 Å². The molecule has 1 aromatic heterocycles. The van der Waals surface area contributed by atoms with Gasteiger partial charge in [-0.25, -0.2) is 4.98 Å². The molecule has 1 amide bonds. The normalized spacial score (nSPS) is 26.6. The molecule has 1 N–H and O–H groups in total. The van der Waals surface area contributed by atoms with Crippen LogP contribution in [-0.2, 0) is 4.79 Å². The number of imidazole rings is 1. The molecule has 1 aromatic carbocycles. The maximum Gasteiger partial charge on any atom is 0.224 e. The molecule has 2 aromatic rings. The third-order valence-corrected chi connectivity index (χ3v) is 5.57. The van der Waals surface area contributed by atoms with E-state index in [0.717, 1.165) is 17.1 Å². The molecule has 2 saturated carbocycles. The minimum Gasteiger partial charge on any atom is -0.349 e. The molecule has 0 spiro atoms. The van der Waals surface area contributed by atoms with E-state index in [1.54, 1.807) is 6.20 Å². The van der Waals surface area contributed by atoms with Crippen molar-refractivity contribution in [2.45, 2.75) is 39.2 Å². The summed E-state index contributed by atoms with van der Waals surface area (Å²) in [7, 11) is 0. The number of hydrogen-bond donors (Lipinski definition) is 1. The minimum absolute atomic E-state index is 0.0572. The van der Waals surface area contributed by atoms with Crippen molar-refractivity contribution in [1.29, 1.82) is 0 Å². The Morgan fingerprint density at radius 2 is 1.96 bits per heavy atom. The van der Waals surface area contributed by atoms with Crippen molar-refractivity contribution in [2.75, 3.05) is 0 Å². The van der Waals surface area contributed by atoms with Gasteiger partial charge in [0.25, 0.3) is 0 Å². The van der Waals surface area contributed by atoms with Crippen molar-refractivity contribution in [2.24, 2.45) is 17.8 Å². The molecule has 4 heteroatoms. The van der Waals surface area contributed by atoms with E-state index in [9.17, 15) is 4.79 Å². The van der Waals surface area contributed by atoms with Crippen LogP contribution in [0.5, 0.6) is 0 Å². The van der Waals surface area contributed by atoms with Crippen molar-refractivity contribution >= 4 is 5.91 Å². The Balaban J connectivity index is 1.41. The lowest BCUT2D eigenvalue weighted by atomic mass is 10.1. The van der Waals surface area contributed by atoms with Gasteiger partial charge < -0.3 is 9.88 Å². The molecule has 2 aliphatic carbocycles. The van der Waals surface area contributed by atoms with Gasteiger partial charge in [0, 0.05) is 24.0 Å². The fourth-order valence-electron chi connectivity index (χ4n) is 4.18. The number of benzene rings is 1. The number of aromatic nitrogens is 2. The highest BCUT2D eigenvalue weighted by molar-refractivity contribution is 5.82. The van der Waals surface area contributed by atoms with Crippen molar-refractivity contribution < 1.29 is 4.79 Å². The Morgan fingerprint density at radius 3 is 2.57 bits per heavy atom. The maximum atomic E-state index is 12.4. The highest BCUT2D eigenvalue weighted by Crippen LogP contribution is 2.57. The molecule has 2 aliphatic rings. The van der Waals surface area contributed by atoms with Crippen LogP contribution in [0.15, 0.2) is 36.7 Å². The number of nitrogens with zero attached hydrogens (tertiary/aromatic N) is 2. The van der Waals surface area contributed by atoms with E-state index in [2.05, 4.69) is 46.1 Å². The quantitative estimate of drug-likeness (QED) is 0.941. The second kappa shape index (κ2) is 5.52. The number of carbonyl (C=O) groups excluding carboxylic acids is 1. The monoisotopic (exact) mass is 309 g/mol. The van der Waals surface area contributed by atoms with E-state index in [1.807, 2.05) is 13.1 Å². The van der Waals surface area contributed by atoms with Gasteiger partial charge in [-0.3, -0.25) is 4.79 Å². The van der Waals surface area contributed by atoms with E-state index >= 15 is 0 Å². The average molecular weight is 309 g/mol. The Hall–Kier alpha value is -2.10. The third-order valence-electron chi connectivity index (χ3n) is 5.57. The first-order valence-electron chi connectivity index (χ1n) is 8.56. The second-order valence-corrected chi connectivity index (χ2v) is 6.95. The van der Waals surface area contributed by atoms with Crippen LogP contribution in [0.1, 0.15) is 43.6 Å². The Bertz CT molecular complexity index is 708. The topological polar surface area (TPSA) is 46.9 Å². The van der Waals surface area contributed by atoms with Crippen LogP contribution in [0, 0.1) is 24.7 Å². The van der Waals surface area contributed by atoms with Gasteiger partial charge in [0.05, 0.1) is 6.04 Å². The molecular formula is C19H23N3O. The van der Waals surface area contributed by atoms with E-state index in [4.69, 9.17) is 0 Å². The van der Waals surface area contributed by atoms with E-state index in [-0.39, 0.29) is 11.9 Å². The zero-order valence-corrected chi connectivity index (χ0v) is 13.7. The van der Waals surface area contributed by atoms with Crippen molar-refractivity contribution in [1.82, 2.24) is 14.9 Å². The smallest absolute Gasteiger partial charge is 0.224 e. The van der Waals surface area contributed by atoms with Gasteiger partial charge in [0.1, 0.15) is 5.82 Å². The summed E-state index contributed by atoms with van der Waals surface area (Å²) < 4.78 is 2.05. The average Bonchev–Trinajstić information content (AvgIpc) is 2.89. The first-order valence-corrected chi connectivity index (χ1v) is 8.56. The molecular weight excluding hydrogens is 286 g/mol. The highest BCUT2D eigenvalue weighted by atomic mass is 16.2. The number of nitrogens with one attached hydrogen (secondary N) is 1. The van der Waals surface area contributed by atoms with Gasteiger partial charge in [-0.1, -0.05) is 18.6 Å². The van der Waals surface area contributed by atoms with Gasteiger partial charge in [0.2, 0.25) is 5.91 Å². The molecule has 23 heavy (non-hydrogen) atoms. The molecule has 0 aliphatic heterocycles. The molecule has 3 atom stereocenters. The summed E-state index contributed by atoms with van der Waals surface area (Å²) in [4.78, 5) is 16.6. The van der Waals surface area contributed by atoms with Crippen LogP contribution in [0.25, 0.3) is 5.69 Å². The molecule has 1 heterocycles. The lowest BCUT2D eigenvalue weighted by Gasteiger charge is -2.16. The molecule has 120 valence electrons. The first kappa shape index (κ1) is 14.5. The zero-order chi connectivity index (χ0) is 16.0. The van der Waals surface area contributed by atoms with Crippen molar-refractivity contribution in [3.8, 4) is 5.69 Å². The Labute approximate surface area is 136 Å². The van der Waals surface area contributed by atoms with Gasteiger partial charge in [0.15, 0.2) is 0 Å². The maximum absolute atomic E-state index is 12.4. The summed E-state index contributed by atoms with van der Waals surface area (Å²) in [5.41, 5.74) is 2.24. The van der Waals surface area contributed by atoms with Crippen LogP contribution >= 0.6 is 0 Å². The molecule has 0 saturated heterocycles. The second-order valence-electron chi connectivity index (χ2n) is 6.95. The standard InChI is InChI=1S/C19H23N3O/c1-12(21-19(23)18-16-4-3-5-17(16)18)14-6-8-15(9-7-14)22-11-10-20-13(22)2/h6-12,16-18H,3-5H2,1-2H3,(H,21,23)/t12-,16+,17+/m0/s1. The first-order chi connectivity index (χ1) is 11.1. The van der Waals surface area contributed by atoms with Gasteiger partial charge in [-0.15, -0.1) is 0 Å². The van der Waals surface area contributed by atoms with Crippen molar-refractivity contribution in [3.63, 3.8) is 0 Å². The largest absolute Gasteiger partial charge is 0.349 e. The third kappa shape index (κ3) is 2.56. The number of fused-ring (bicyclic) bond motifs is 1. The molecule has 0 radical (unpaired) electrons. The summed E-state index contributed by atoms with van der Waals surface area (Å²) in [6.07, 6.45) is 7.57. The molecule has 2 fully saturated rings. The fourth-order valence-corrected chi connectivity index (χ4v) is 4.18. The Morgan fingerprint density at radius 1 is 1.26 bits per heavy atom. The summed E-state index contributed by atoms with van der Waals surface area (Å²) in [6.45, 7) is 4.05. The highest BCUT2D eigenvalue weighted by Gasteiger charge is 2.56. The summed E-state index contributed by atoms with van der Waals surface area (Å²) in [5.74, 6) is 2.86. The fraction of sp³-hybridized carbons (Fsp3) is 0.474. The van der Waals surface area contributed by atoms with Crippen molar-refractivity contribution in [3.05, 3.63) is 48.0 Å². The lowest BCUT2D eigenvalue weighted by Crippen LogP contribution is -2.29. The predicted molar refractivity (Wildman–Crippen MR) is 89.2 cm³/mol. The SMILES string of the molecule is Cc1nccn1-c1ccc([C@H](C)NC(=O)C2[C@@H]3CCC[C@@H]23)cc1.